The summed E-state index contributed by atoms with van der Waals surface area (Å²) in [6.45, 7) is 0. The van der Waals surface area contributed by atoms with Crippen molar-refractivity contribution < 1.29 is 22.7 Å². The summed E-state index contributed by atoms with van der Waals surface area (Å²) < 4.78 is 37.5. The van der Waals surface area contributed by atoms with Crippen molar-refractivity contribution in [2.24, 2.45) is 5.41 Å². The second kappa shape index (κ2) is 4.92. The van der Waals surface area contributed by atoms with E-state index in [1.165, 1.54) is 0 Å². The van der Waals surface area contributed by atoms with E-state index in [1.54, 1.807) is 30.3 Å². The fraction of sp³-hybridized carbons (Fsp3) is 0.462. The van der Waals surface area contributed by atoms with Gasteiger partial charge < -0.3 is 5.11 Å². The first-order valence-electron chi connectivity index (χ1n) is 5.97. The van der Waals surface area contributed by atoms with Crippen LogP contribution in [-0.4, -0.2) is 37.2 Å². The molecule has 0 bridgehead atoms. The molecule has 1 heterocycles. The molecule has 1 N–H and O–H groups in total. The predicted molar refractivity (Wildman–Crippen MR) is 68.4 cm³/mol. The largest absolute Gasteiger partial charge is 0.481 e. The Kier molecular flexibility index (Phi) is 3.62. The average Bonchev–Trinajstić information content (AvgIpc) is 2.34. The molecule has 0 saturated carbocycles. The molecule has 0 amide bonds. The highest BCUT2D eigenvalue weighted by atomic mass is 32.2. The lowest BCUT2D eigenvalue weighted by Gasteiger charge is -2.36. The number of carboxylic acids is 1. The summed E-state index contributed by atoms with van der Waals surface area (Å²) in [5.74, 6) is -2.30. The van der Waals surface area contributed by atoms with Gasteiger partial charge in [0.2, 0.25) is 0 Å². The predicted octanol–water partition coefficient (Wildman–Crippen LogP) is 1.46. The van der Waals surface area contributed by atoms with E-state index in [-0.39, 0.29) is 18.6 Å². The molecule has 1 saturated heterocycles. The Morgan fingerprint density at radius 1 is 1.37 bits per heavy atom. The monoisotopic (exact) mass is 286 g/mol. The van der Waals surface area contributed by atoms with Crippen molar-refractivity contribution in [3.63, 3.8) is 0 Å². The van der Waals surface area contributed by atoms with Crippen molar-refractivity contribution in [2.75, 3.05) is 11.5 Å². The first kappa shape index (κ1) is 14.0. The number of aliphatic carboxylic acids is 1. The van der Waals surface area contributed by atoms with Gasteiger partial charge in [0.1, 0.15) is 11.6 Å². The molecule has 0 radical (unpaired) electrons. The van der Waals surface area contributed by atoms with E-state index in [0.29, 0.717) is 5.56 Å². The van der Waals surface area contributed by atoms with E-state index in [1.807, 2.05) is 0 Å². The Morgan fingerprint density at radius 3 is 2.58 bits per heavy atom. The Hall–Kier alpha value is -1.43. The smallest absolute Gasteiger partial charge is 0.313 e. The van der Waals surface area contributed by atoms with Crippen LogP contribution in [0.4, 0.5) is 4.39 Å². The van der Waals surface area contributed by atoms with Crippen LogP contribution in [0.5, 0.6) is 0 Å². The number of rotatable bonds is 3. The number of alkyl halides is 1. The Morgan fingerprint density at radius 2 is 2.00 bits per heavy atom. The number of hydrogen-bond acceptors (Lipinski definition) is 3. The van der Waals surface area contributed by atoms with Gasteiger partial charge in [0, 0.05) is 0 Å². The van der Waals surface area contributed by atoms with Crippen LogP contribution in [-0.2, 0) is 21.1 Å². The highest BCUT2D eigenvalue weighted by Gasteiger charge is 2.52. The summed E-state index contributed by atoms with van der Waals surface area (Å²) in [6.07, 6.45) is -2.00. The number of hydrogen-bond donors (Lipinski definition) is 1. The van der Waals surface area contributed by atoms with Crippen LogP contribution in [0.1, 0.15) is 12.0 Å². The van der Waals surface area contributed by atoms with Gasteiger partial charge in [-0.2, -0.15) is 0 Å². The molecule has 1 aliphatic rings. The van der Waals surface area contributed by atoms with Crippen LogP contribution in [0.3, 0.4) is 0 Å². The third kappa shape index (κ3) is 2.78. The summed E-state index contributed by atoms with van der Waals surface area (Å²) in [7, 11) is -3.51. The van der Waals surface area contributed by atoms with E-state index < -0.39 is 33.1 Å². The third-order valence-electron chi connectivity index (χ3n) is 3.55. The molecular weight excluding hydrogens is 271 g/mol. The molecule has 1 aliphatic heterocycles. The van der Waals surface area contributed by atoms with Gasteiger partial charge >= 0.3 is 5.97 Å². The van der Waals surface area contributed by atoms with Crippen molar-refractivity contribution in [2.45, 2.75) is 19.0 Å². The molecule has 0 spiro atoms. The van der Waals surface area contributed by atoms with Gasteiger partial charge in [0.15, 0.2) is 9.84 Å². The molecule has 0 aliphatic carbocycles. The standard InChI is InChI=1S/C13H15FO4S/c14-11-6-7-19(17,18)9-13(11,12(15)16)8-10-4-2-1-3-5-10/h1-5,11H,6-9H2,(H,15,16). The molecule has 1 fully saturated rings. The topological polar surface area (TPSA) is 71.4 Å². The maximum Gasteiger partial charge on any atom is 0.313 e. The first-order valence-corrected chi connectivity index (χ1v) is 7.80. The van der Waals surface area contributed by atoms with Crippen molar-refractivity contribution in [3.8, 4) is 0 Å². The van der Waals surface area contributed by atoms with E-state index in [2.05, 4.69) is 0 Å². The maximum absolute atomic E-state index is 14.1. The zero-order valence-electron chi connectivity index (χ0n) is 10.3. The fourth-order valence-electron chi connectivity index (χ4n) is 2.51. The summed E-state index contributed by atoms with van der Waals surface area (Å²) >= 11 is 0. The first-order chi connectivity index (χ1) is 8.86. The van der Waals surface area contributed by atoms with Gasteiger partial charge in [-0.1, -0.05) is 30.3 Å². The molecule has 1 aromatic carbocycles. The molecule has 2 atom stereocenters. The Labute approximate surface area is 111 Å². The van der Waals surface area contributed by atoms with Crippen molar-refractivity contribution in [1.82, 2.24) is 0 Å². The maximum atomic E-state index is 14.1. The molecule has 19 heavy (non-hydrogen) atoms. The van der Waals surface area contributed by atoms with Crippen LogP contribution in [0.25, 0.3) is 0 Å². The molecule has 4 nitrogen and oxygen atoms in total. The van der Waals surface area contributed by atoms with Crippen molar-refractivity contribution >= 4 is 15.8 Å². The molecule has 1 aromatic rings. The number of halogens is 1. The second-order valence-corrected chi connectivity index (χ2v) is 7.16. The van der Waals surface area contributed by atoms with Gasteiger partial charge in [-0.25, -0.2) is 12.8 Å². The number of carboxylic acid groups (broad SMARTS) is 1. The zero-order valence-corrected chi connectivity index (χ0v) is 11.1. The minimum Gasteiger partial charge on any atom is -0.481 e. The fourth-order valence-corrected chi connectivity index (χ4v) is 4.41. The van der Waals surface area contributed by atoms with Gasteiger partial charge in [-0.15, -0.1) is 0 Å². The lowest BCUT2D eigenvalue weighted by Crippen LogP contribution is -2.51. The quantitative estimate of drug-likeness (QED) is 0.913. The lowest BCUT2D eigenvalue weighted by atomic mass is 9.78. The van der Waals surface area contributed by atoms with Gasteiger partial charge in [-0.05, 0) is 18.4 Å². The summed E-state index contributed by atoms with van der Waals surface area (Å²) in [5.41, 5.74) is -1.23. The molecular formula is C13H15FO4S. The SMILES string of the molecule is O=C(O)C1(Cc2ccccc2)CS(=O)(=O)CCC1F. The van der Waals surface area contributed by atoms with Crippen LogP contribution in [0, 0.1) is 5.41 Å². The Balaban J connectivity index is 2.39. The van der Waals surface area contributed by atoms with Crippen LogP contribution in [0.2, 0.25) is 0 Å². The highest BCUT2D eigenvalue weighted by Crippen LogP contribution is 2.37. The molecule has 2 unspecified atom stereocenters. The van der Waals surface area contributed by atoms with Crippen LogP contribution < -0.4 is 0 Å². The number of carbonyl (C=O) groups is 1. The average molecular weight is 286 g/mol. The lowest BCUT2D eigenvalue weighted by molar-refractivity contribution is -0.152. The summed E-state index contributed by atoms with van der Waals surface area (Å²) in [6, 6.07) is 8.56. The van der Waals surface area contributed by atoms with Gasteiger partial charge in [-0.3, -0.25) is 4.79 Å². The third-order valence-corrected chi connectivity index (χ3v) is 5.36. The molecule has 2 rings (SSSR count). The number of benzene rings is 1. The summed E-state index contributed by atoms with van der Waals surface area (Å²) in [4.78, 5) is 11.5. The molecule has 104 valence electrons. The Bertz CT molecular complexity index is 570. The molecule has 6 heteroatoms. The number of sulfone groups is 1. The van der Waals surface area contributed by atoms with Crippen LogP contribution >= 0.6 is 0 Å². The summed E-state index contributed by atoms with van der Waals surface area (Å²) in [5, 5.41) is 9.35. The van der Waals surface area contributed by atoms with E-state index in [0.717, 1.165) is 0 Å². The minimum absolute atomic E-state index is 0.108. The van der Waals surface area contributed by atoms with Gasteiger partial charge in [0.05, 0.1) is 11.5 Å². The van der Waals surface area contributed by atoms with Crippen molar-refractivity contribution in [1.29, 1.82) is 0 Å². The van der Waals surface area contributed by atoms with E-state index >= 15 is 0 Å². The molecule has 0 aromatic heterocycles. The highest BCUT2D eigenvalue weighted by molar-refractivity contribution is 7.91. The van der Waals surface area contributed by atoms with Crippen molar-refractivity contribution in [3.05, 3.63) is 35.9 Å². The second-order valence-electron chi connectivity index (χ2n) is 4.97. The van der Waals surface area contributed by atoms with Crippen LogP contribution in [0.15, 0.2) is 30.3 Å². The zero-order chi connectivity index (χ0) is 14.1. The normalized spacial score (nSPS) is 29.8. The van der Waals surface area contributed by atoms with E-state index in [9.17, 15) is 22.7 Å². The van der Waals surface area contributed by atoms with Gasteiger partial charge in [0.25, 0.3) is 0 Å². The van der Waals surface area contributed by atoms with E-state index in [4.69, 9.17) is 0 Å². The minimum atomic E-state index is -3.51.